The zero-order valence-corrected chi connectivity index (χ0v) is 18.0. The molecule has 0 spiro atoms. The Balaban J connectivity index is 1.88. The van der Waals surface area contributed by atoms with Crippen molar-refractivity contribution in [3.05, 3.63) is 58.0 Å². The van der Waals surface area contributed by atoms with Crippen LogP contribution in [0.3, 0.4) is 0 Å². The van der Waals surface area contributed by atoms with Crippen LogP contribution in [-0.4, -0.2) is 57.4 Å². The molecule has 1 saturated heterocycles. The van der Waals surface area contributed by atoms with E-state index in [1.807, 2.05) is 4.91 Å². The van der Waals surface area contributed by atoms with Crippen molar-refractivity contribution in [3.8, 4) is 5.88 Å². The van der Waals surface area contributed by atoms with Crippen molar-refractivity contribution in [1.82, 2.24) is 14.9 Å². The first-order chi connectivity index (χ1) is 16.4. The Hall–Kier alpha value is -3.58. The monoisotopic (exact) mass is 503 g/mol. The molecule has 35 heavy (non-hydrogen) atoms. The van der Waals surface area contributed by atoms with Crippen LogP contribution in [0, 0.1) is 5.82 Å². The molecule has 1 aliphatic heterocycles. The second-order valence-electron chi connectivity index (χ2n) is 7.89. The fraction of sp³-hybridized carbons (Fsp3) is 0.450. The maximum atomic E-state index is 14.8. The Kier molecular flexibility index (Phi) is 7.41. The molecule has 2 N–H and O–H groups in total. The average Bonchev–Trinajstić information content (AvgIpc) is 2.80. The van der Waals surface area contributed by atoms with Crippen LogP contribution in [0.25, 0.3) is 10.4 Å². The molecule has 188 valence electrons. The number of halogens is 6. The van der Waals surface area contributed by atoms with E-state index in [0.717, 1.165) is 18.5 Å². The number of rotatable bonds is 7. The summed E-state index contributed by atoms with van der Waals surface area (Å²) in [4.78, 5) is 23.0. The van der Waals surface area contributed by atoms with Crippen molar-refractivity contribution in [3.63, 3.8) is 0 Å². The molecule has 1 amide bonds. The van der Waals surface area contributed by atoms with Gasteiger partial charge in [-0.3, -0.25) is 9.69 Å². The molecule has 2 aromatic rings. The smallest absolute Gasteiger partial charge is 0.282 e. The minimum Gasteiger partial charge on any atom is -0.493 e. The Labute approximate surface area is 194 Å². The van der Waals surface area contributed by atoms with E-state index in [1.165, 1.54) is 17.9 Å². The van der Waals surface area contributed by atoms with Gasteiger partial charge in [0.25, 0.3) is 18.1 Å². The second kappa shape index (κ2) is 9.96. The summed E-state index contributed by atoms with van der Waals surface area (Å²) in [6.45, 7) is 0.765. The van der Waals surface area contributed by atoms with Gasteiger partial charge in [-0.25, -0.2) is 36.3 Å². The lowest BCUT2D eigenvalue weighted by Gasteiger charge is -2.40. The number of hydrogen-bond donors (Lipinski definition) is 2. The molecular formula is C20H19F6N7O2. The minimum absolute atomic E-state index is 0.0406. The predicted octanol–water partition coefficient (Wildman–Crippen LogP) is 4.47. The van der Waals surface area contributed by atoms with Crippen LogP contribution in [0.4, 0.5) is 32.2 Å². The van der Waals surface area contributed by atoms with Crippen molar-refractivity contribution in [1.29, 1.82) is 0 Å². The molecule has 0 bridgehead atoms. The van der Waals surface area contributed by atoms with Gasteiger partial charge in [-0.2, -0.15) is 0 Å². The number of carbonyl (C=O) groups excluding carboxylic acids is 1. The van der Waals surface area contributed by atoms with E-state index in [-0.39, 0.29) is 12.4 Å². The number of aromatic nitrogens is 2. The number of nitrogens with zero attached hydrogens (tertiary/aromatic N) is 6. The Bertz CT molecular complexity index is 1130. The highest BCUT2D eigenvalue weighted by molar-refractivity contribution is 5.93. The maximum Gasteiger partial charge on any atom is 0.282 e. The third-order valence-corrected chi connectivity index (χ3v) is 5.71. The van der Waals surface area contributed by atoms with Gasteiger partial charge in [0.15, 0.2) is 0 Å². The topological polar surface area (TPSA) is 127 Å². The van der Waals surface area contributed by atoms with E-state index in [2.05, 4.69) is 20.4 Å². The zero-order chi connectivity index (χ0) is 26.0. The highest BCUT2D eigenvalue weighted by atomic mass is 19.3. The summed E-state index contributed by atoms with van der Waals surface area (Å²) in [5.74, 6) is -11.6. The maximum absolute atomic E-state index is 14.8. The number of azide groups is 1. The van der Waals surface area contributed by atoms with Crippen LogP contribution in [-0.2, 0) is 10.6 Å². The number of aromatic hydroxyl groups is 1. The van der Waals surface area contributed by atoms with Crippen molar-refractivity contribution in [2.45, 2.75) is 43.4 Å². The summed E-state index contributed by atoms with van der Waals surface area (Å²) in [5, 5.41) is 14.6. The number of nitrogens with one attached hydrogen (secondary N) is 1. The number of carbonyl (C=O) groups is 1. The number of amides is 1. The van der Waals surface area contributed by atoms with E-state index in [4.69, 9.17) is 5.53 Å². The quantitative estimate of drug-likeness (QED) is 0.190. The number of hydrogen-bond acceptors (Lipinski definition) is 6. The molecule has 9 nitrogen and oxygen atoms in total. The van der Waals surface area contributed by atoms with Gasteiger partial charge < -0.3 is 10.4 Å². The van der Waals surface area contributed by atoms with Crippen LogP contribution in [0.2, 0.25) is 0 Å². The third kappa shape index (κ3) is 5.41. The zero-order valence-electron chi connectivity index (χ0n) is 18.0. The van der Waals surface area contributed by atoms with E-state index in [0.29, 0.717) is 6.07 Å². The molecular weight excluding hydrogens is 484 g/mol. The minimum atomic E-state index is -4.04. The second-order valence-corrected chi connectivity index (χ2v) is 7.89. The molecule has 1 aliphatic rings. The molecule has 3 rings (SSSR count). The van der Waals surface area contributed by atoms with Crippen molar-refractivity contribution < 1.29 is 36.2 Å². The molecule has 1 fully saturated rings. The lowest BCUT2D eigenvalue weighted by Crippen LogP contribution is -2.52. The van der Waals surface area contributed by atoms with E-state index in [1.54, 1.807) is 0 Å². The lowest BCUT2D eigenvalue weighted by atomic mass is 9.86. The van der Waals surface area contributed by atoms with Gasteiger partial charge in [-0.05, 0) is 41.3 Å². The van der Waals surface area contributed by atoms with Gasteiger partial charge in [0.1, 0.15) is 11.6 Å². The van der Waals surface area contributed by atoms with Crippen LogP contribution in [0.1, 0.15) is 30.4 Å². The summed E-state index contributed by atoms with van der Waals surface area (Å²) in [6, 6.07) is 1.88. The van der Waals surface area contributed by atoms with E-state index >= 15 is 0 Å². The van der Waals surface area contributed by atoms with Gasteiger partial charge >= 0.3 is 0 Å². The fourth-order valence-electron chi connectivity index (χ4n) is 3.68. The number of alkyl halides is 5. The average molecular weight is 503 g/mol. The highest BCUT2D eigenvalue weighted by Gasteiger charge is 2.49. The number of pyridine rings is 2. The van der Waals surface area contributed by atoms with Crippen molar-refractivity contribution in [2.75, 3.05) is 18.4 Å². The normalized spacial score (nSPS) is 20.5. The molecule has 3 heterocycles. The van der Waals surface area contributed by atoms with E-state index < -0.39 is 71.8 Å². The standard InChI is InChI=1S/C20H19F6N7O2/c1-10(16(34)30-15-3-2-12(21)8-28-15)33-5-4-19(24,25)14(9-33)11-6-13(17(35)29-7-11)20(26,18(22)23)31-32-27/h2-3,6-8,10,14,18H,4-5,9H2,1H3,(H,29,35)(H,28,30,34)/t10-,14?,20?/m0/s1. The first-order valence-corrected chi connectivity index (χ1v) is 10.2. The Morgan fingerprint density at radius 2 is 2.09 bits per heavy atom. The summed E-state index contributed by atoms with van der Waals surface area (Å²) in [6.07, 6.45) is -3.00. The van der Waals surface area contributed by atoms with Crippen LogP contribution >= 0.6 is 0 Å². The van der Waals surface area contributed by atoms with Gasteiger partial charge in [0.2, 0.25) is 11.8 Å². The first-order valence-electron chi connectivity index (χ1n) is 10.2. The molecule has 2 aromatic heterocycles. The molecule has 15 heteroatoms. The Morgan fingerprint density at radius 1 is 1.37 bits per heavy atom. The Morgan fingerprint density at radius 3 is 2.69 bits per heavy atom. The highest BCUT2D eigenvalue weighted by Crippen LogP contribution is 2.44. The summed E-state index contributed by atoms with van der Waals surface area (Å²) >= 11 is 0. The van der Waals surface area contributed by atoms with Gasteiger partial charge in [0, 0.05) is 30.6 Å². The summed E-state index contributed by atoms with van der Waals surface area (Å²) in [5.41, 5.74) is 6.80. The third-order valence-electron chi connectivity index (χ3n) is 5.71. The first kappa shape index (κ1) is 26.0. The number of piperidine rings is 1. The number of likely N-dealkylation sites (tertiary alicyclic amines) is 1. The van der Waals surface area contributed by atoms with Crippen molar-refractivity contribution in [2.24, 2.45) is 5.11 Å². The number of anilines is 1. The van der Waals surface area contributed by atoms with Crippen molar-refractivity contribution >= 4 is 11.7 Å². The summed E-state index contributed by atoms with van der Waals surface area (Å²) < 4.78 is 84.0. The van der Waals surface area contributed by atoms with Crippen LogP contribution in [0.5, 0.6) is 5.88 Å². The SMILES string of the molecule is C[C@@H](C(=O)Nc1ccc(F)cn1)N1CCC(F)(F)C(c2cnc(O)c(C(F)(N=[N+]=[N-])C(F)F)c2)C1. The largest absolute Gasteiger partial charge is 0.493 e. The van der Waals surface area contributed by atoms with Gasteiger partial charge in [0.05, 0.1) is 23.7 Å². The van der Waals surface area contributed by atoms with E-state index in [9.17, 15) is 36.2 Å². The van der Waals surface area contributed by atoms with Gasteiger partial charge in [-0.15, -0.1) is 0 Å². The van der Waals surface area contributed by atoms with Gasteiger partial charge in [-0.1, -0.05) is 0 Å². The van der Waals surface area contributed by atoms with Crippen LogP contribution < -0.4 is 5.32 Å². The molecule has 0 radical (unpaired) electrons. The molecule has 2 unspecified atom stereocenters. The summed E-state index contributed by atoms with van der Waals surface area (Å²) in [7, 11) is 0. The molecule has 3 atom stereocenters. The predicted molar refractivity (Wildman–Crippen MR) is 110 cm³/mol. The molecule has 0 aliphatic carbocycles. The molecule has 0 aromatic carbocycles. The lowest BCUT2D eigenvalue weighted by molar-refractivity contribution is -0.125. The van der Waals surface area contributed by atoms with Crippen LogP contribution in [0.15, 0.2) is 35.7 Å². The molecule has 0 saturated carbocycles. The fourth-order valence-corrected chi connectivity index (χ4v) is 3.68.